The van der Waals surface area contributed by atoms with Gasteiger partial charge in [0.1, 0.15) is 0 Å². The molecule has 1 aromatic carbocycles. The molecule has 4 rings (SSSR count). The maximum Gasteiger partial charge on any atom is 0.0329 e. The quantitative estimate of drug-likeness (QED) is 0.860. The molecule has 2 N–H and O–H groups in total. The van der Waals surface area contributed by atoms with Gasteiger partial charge in [0.05, 0.1) is 0 Å². The highest BCUT2D eigenvalue weighted by Crippen LogP contribution is 2.71. The fourth-order valence-electron chi connectivity index (χ4n) is 5.12. The van der Waals surface area contributed by atoms with E-state index in [1.165, 1.54) is 30.4 Å². The molecule has 3 fully saturated rings. The first-order chi connectivity index (χ1) is 8.79. The standard InChI is InChI=1S/C17H23N/c1-2-10-4-3-5-13(8-10)17(18)16-14-11-6-7-12(9-11)15(14)16/h3-5,8,11-12,14-17H,2,6-7,9,18H2,1H3. The number of rotatable bonds is 3. The first kappa shape index (κ1) is 11.0. The van der Waals surface area contributed by atoms with Crippen molar-refractivity contribution in [2.45, 2.75) is 38.6 Å². The Balaban J connectivity index is 1.56. The molecular formula is C17H23N. The normalized spacial score (nSPS) is 41.8. The van der Waals surface area contributed by atoms with Gasteiger partial charge in [-0.25, -0.2) is 0 Å². The number of hydrogen-bond acceptors (Lipinski definition) is 1. The van der Waals surface area contributed by atoms with Gasteiger partial charge in [-0.2, -0.15) is 0 Å². The molecule has 0 heterocycles. The minimum Gasteiger partial charge on any atom is -0.324 e. The summed E-state index contributed by atoms with van der Waals surface area (Å²) in [5.41, 5.74) is 9.38. The van der Waals surface area contributed by atoms with E-state index in [0.717, 1.165) is 36.0 Å². The van der Waals surface area contributed by atoms with Gasteiger partial charge >= 0.3 is 0 Å². The van der Waals surface area contributed by atoms with E-state index in [-0.39, 0.29) is 0 Å². The largest absolute Gasteiger partial charge is 0.324 e. The molecule has 0 aromatic heterocycles. The van der Waals surface area contributed by atoms with E-state index in [4.69, 9.17) is 5.73 Å². The van der Waals surface area contributed by atoms with Crippen molar-refractivity contribution in [3.63, 3.8) is 0 Å². The van der Waals surface area contributed by atoms with Crippen LogP contribution in [0.2, 0.25) is 0 Å². The Labute approximate surface area is 110 Å². The van der Waals surface area contributed by atoms with Crippen LogP contribution >= 0.6 is 0 Å². The third-order valence-electron chi connectivity index (χ3n) is 5.95. The predicted octanol–water partition coefficient (Wildman–Crippen LogP) is 3.54. The third kappa shape index (κ3) is 1.43. The Morgan fingerprint density at radius 3 is 2.61 bits per heavy atom. The van der Waals surface area contributed by atoms with Gasteiger partial charge in [0, 0.05) is 6.04 Å². The van der Waals surface area contributed by atoms with E-state index in [1.54, 1.807) is 0 Å². The zero-order chi connectivity index (χ0) is 12.3. The van der Waals surface area contributed by atoms with Crippen molar-refractivity contribution in [1.82, 2.24) is 0 Å². The van der Waals surface area contributed by atoms with E-state index in [2.05, 4.69) is 31.2 Å². The molecular weight excluding hydrogens is 218 g/mol. The Bertz CT molecular complexity index is 450. The van der Waals surface area contributed by atoms with Crippen LogP contribution in [0.5, 0.6) is 0 Å². The smallest absolute Gasteiger partial charge is 0.0329 e. The van der Waals surface area contributed by atoms with Crippen LogP contribution in [0.15, 0.2) is 24.3 Å². The van der Waals surface area contributed by atoms with Crippen molar-refractivity contribution in [3.8, 4) is 0 Å². The average molecular weight is 241 g/mol. The summed E-state index contributed by atoms with van der Waals surface area (Å²) in [4.78, 5) is 0. The van der Waals surface area contributed by atoms with Crippen LogP contribution in [0.4, 0.5) is 0 Å². The summed E-state index contributed by atoms with van der Waals surface area (Å²) >= 11 is 0. The molecule has 0 spiro atoms. The van der Waals surface area contributed by atoms with Crippen molar-refractivity contribution >= 4 is 0 Å². The number of nitrogens with two attached hydrogens (primary N) is 1. The first-order valence-electron chi connectivity index (χ1n) is 7.64. The summed E-state index contributed by atoms with van der Waals surface area (Å²) in [6, 6.07) is 9.27. The van der Waals surface area contributed by atoms with Gasteiger partial charge in [-0.05, 0) is 66.4 Å². The van der Waals surface area contributed by atoms with Crippen molar-refractivity contribution in [2.75, 3.05) is 0 Å². The summed E-state index contributed by atoms with van der Waals surface area (Å²) in [5, 5.41) is 0. The minimum absolute atomic E-state index is 0.301. The van der Waals surface area contributed by atoms with E-state index < -0.39 is 0 Å². The van der Waals surface area contributed by atoms with E-state index in [9.17, 15) is 0 Å². The number of fused-ring (bicyclic) bond motifs is 5. The molecule has 3 aliphatic carbocycles. The zero-order valence-corrected chi connectivity index (χ0v) is 11.2. The Morgan fingerprint density at radius 2 is 1.94 bits per heavy atom. The van der Waals surface area contributed by atoms with Crippen LogP contribution in [-0.4, -0.2) is 0 Å². The molecule has 0 saturated heterocycles. The lowest BCUT2D eigenvalue weighted by Crippen LogP contribution is -2.17. The zero-order valence-electron chi connectivity index (χ0n) is 11.2. The highest BCUT2D eigenvalue weighted by atomic mass is 14.8. The molecule has 18 heavy (non-hydrogen) atoms. The lowest BCUT2D eigenvalue weighted by molar-refractivity contribution is 0.417. The topological polar surface area (TPSA) is 26.0 Å². The molecule has 0 aliphatic heterocycles. The van der Waals surface area contributed by atoms with Crippen LogP contribution in [0.1, 0.15) is 43.4 Å². The third-order valence-corrected chi connectivity index (χ3v) is 5.95. The molecule has 3 aliphatic rings. The number of hydrogen-bond donors (Lipinski definition) is 1. The number of aryl methyl sites for hydroxylation is 1. The average Bonchev–Trinajstić information content (AvgIpc) is 2.85. The Kier molecular flexibility index (Phi) is 2.35. The van der Waals surface area contributed by atoms with Gasteiger partial charge in [-0.15, -0.1) is 0 Å². The molecule has 1 nitrogen and oxygen atoms in total. The summed E-state index contributed by atoms with van der Waals surface area (Å²) in [5.74, 6) is 4.85. The van der Waals surface area contributed by atoms with Gasteiger partial charge in [0.15, 0.2) is 0 Å². The first-order valence-corrected chi connectivity index (χ1v) is 7.64. The monoisotopic (exact) mass is 241 g/mol. The lowest BCUT2D eigenvalue weighted by atomic mass is 9.92. The van der Waals surface area contributed by atoms with Gasteiger partial charge in [-0.3, -0.25) is 0 Å². The van der Waals surface area contributed by atoms with Crippen LogP contribution < -0.4 is 5.73 Å². The fraction of sp³-hybridized carbons (Fsp3) is 0.647. The lowest BCUT2D eigenvalue weighted by Gasteiger charge is -2.17. The van der Waals surface area contributed by atoms with Gasteiger partial charge in [-0.1, -0.05) is 31.2 Å². The molecule has 2 bridgehead atoms. The van der Waals surface area contributed by atoms with Crippen molar-refractivity contribution in [1.29, 1.82) is 0 Å². The van der Waals surface area contributed by atoms with Crippen molar-refractivity contribution in [3.05, 3.63) is 35.4 Å². The summed E-state index contributed by atoms with van der Waals surface area (Å²) in [7, 11) is 0. The summed E-state index contributed by atoms with van der Waals surface area (Å²) in [6.07, 6.45) is 5.62. The molecule has 0 radical (unpaired) electrons. The highest BCUT2D eigenvalue weighted by Gasteiger charge is 2.66. The van der Waals surface area contributed by atoms with Crippen molar-refractivity contribution < 1.29 is 0 Å². The highest BCUT2D eigenvalue weighted by molar-refractivity contribution is 5.29. The second-order valence-electron chi connectivity index (χ2n) is 6.69. The molecule has 1 aromatic rings. The second kappa shape index (κ2) is 3.84. The van der Waals surface area contributed by atoms with Crippen LogP contribution in [0, 0.1) is 29.6 Å². The minimum atomic E-state index is 0.301. The van der Waals surface area contributed by atoms with Crippen molar-refractivity contribution in [2.24, 2.45) is 35.3 Å². The van der Waals surface area contributed by atoms with Gasteiger partial charge in [0.2, 0.25) is 0 Å². The Hall–Kier alpha value is -0.820. The molecule has 0 amide bonds. The maximum absolute atomic E-state index is 6.57. The Morgan fingerprint density at radius 1 is 1.22 bits per heavy atom. The van der Waals surface area contributed by atoms with Gasteiger partial charge < -0.3 is 5.73 Å². The van der Waals surface area contributed by atoms with E-state index in [0.29, 0.717) is 6.04 Å². The van der Waals surface area contributed by atoms with Crippen LogP contribution in [-0.2, 0) is 6.42 Å². The number of benzene rings is 1. The SMILES string of the molecule is CCc1cccc(C(N)C2C3C4CCC(C4)C32)c1. The van der Waals surface area contributed by atoms with E-state index >= 15 is 0 Å². The summed E-state index contributed by atoms with van der Waals surface area (Å²) in [6.45, 7) is 2.22. The maximum atomic E-state index is 6.57. The second-order valence-corrected chi connectivity index (χ2v) is 6.69. The molecule has 96 valence electrons. The van der Waals surface area contributed by atoms with Crippen LogP contribution in [0.25, 0.3) is 0 Å². The fourth-order valence-corrected chi connectivity index (χ4v) is 5.12. The molecule has 3 saturated carbocycles. The van der Waals surface area contributed by atoms with Gasteiger partial charge in [0.25, 0.3) is 0 Å². The molecule has 5 unspecified atom stereocenters. The molecule has 1 heteroatoms. The van der Waals surface area contributed by atoms with E-state index in [1.807, 2.05) is 0 Å². The predicted molar refractivity (Wildman–Crippen MR) is 74.0 cm³/mol. The van der Waals surface area contributed by atoms with Crippen LogP contribution in [0.3, 0.4) is 0 Å². The molecule has 5 atom stereocenters. The summed E-state index contributed by atoms with van der Waals surface area (Å²) < 4.78 is 0.